The molecule has 100 valence electrons. The Kier molecular flexibility index (Phi) is 4.58. The van der Waals surface area contributed by atoms with Crippen molar-refractivity contribution in [1.29, 1.82) is 0 Å². The van der Waals surface area contributed by atoms with Crippen LogP contribution in [0.3, 0.4) is 0 Å². The summed E-state index contributed by atoms with van der Waals surface area (Å²) in [5, 5.41) is 14.6. The highest BCUT2D eigenvalue weighted by molar-refractivity contribution is 7.10. The molecule has 1 aromatic heterocycles. The second-order valence-electron chi connectivity index (χ2n) is 4.26. The van der Waals surface area contributed by atoms with Crippen LogP contribution in [0.1, 0.15) is 33.8 Å². The summed E-state index contributed by atoms with van der Waals surface area (Å²) in [5.74, 6) is -0.881. The number of carboxylic acid groups (broad SMARTS) is 1. The lowest BCUT2D eigenvalue weighted by atomic mass is 10.1. The number of carboxylic acids is 1. The van der Waals surface area contributed by atoms with Crippen molar-refractivity contribution in [2.45, 2.75) is 19.5 Å². The third-order valence-electron chi connectivity index (χ3n) is 2.85. The van der Waals surface area contributed by atoms with Gasteiger partial charge in [-0.15, -0.1) is 11.3 Å². The second-order valence-corrected chi connectivity index (χ2v) is 5.69. The lowest BCUT2D eigenvalue weighted by Crippen LogP contribution is -2.17. The summed E-state index contributed by atoms with van der Waals surface area (Å²) >= 11 is 7.30. The Bertz CT molecular complexity index is 565. The van der Waals surface area contributed by atoms with Crippen molar-refractivity contribution in [2.75, 3.05) is 0 Å². The van der Waals surface area contributed by atoms with E-state index in [0.717, 1.165) is 15.5 Å². The fourth-order valence-electron chi connectivity index (χ4n) is 1.71. The van der Waals surface area contributed by atoms with Crippen LogP contribution in [-0.4, -0.2) is 11.1 Å². The first-order chi connectivity index (χ1) is 9.06. The van der Waals surface area contributed by atoms with Crippen molar-refractivity contribution in [3.05, 3.63) is 56.7 Å². The molecule has 0 amide bonds. The van der Waals surface area contributed by atoms with Crippen LogP contribution in [0.2, 0.25) is 5.02 Å². The summed E-state index contributed by atoms with van der Waals surface area (Å²) in [7, 11) is 0. The van der Waals surface area contributed by atoms with Gasteiger partial charge in [-0.05, 0) is 30.7 Å². The van der Waals surface area contributed by atoms with Crippen LogP contribution in [-0.2, 0) is 6.54 Å². The largest absolute Gasteiger partial charge is 0.478 e. The zero-order valence-electron chi connectivity index (χ0n) is 10.4. The smallest absolute Gasteiger partial charge is 0.336 e. The molecule has 0 radical (unpaired) electrons. The number of benzene rings is 1. The number of hydrogen-bond donors (Lipinski definition) is 2. The van der Waals surface area contributed by atoms with E-state index >= 15 is 0 Å². The molecule has 3 nitrogen and oxygen atoms in total. The highest BCUT2D eigenvalue weighted by Crippen LogP contribution is 2.19. The van der Waals surface area contributed by atoms with Gasteiger partial charge in [0.2, 0.25) is 0 Å². The third-order valence-corrected chi connectivity index (χ3v) is 4.04. The minimum Gasteiger partial charge on any atom is -0.478 e. The Balaban J connectivity index is 1.94. The molecular formula is C14H14ClNO2S. The van der Waals surface area contributed by atoms with Gasteiger partial charge < -0.3 is 10.4 Å². The van der Waals surface area contributed by atoms with E-state index in [4.69, 9.17) is 16.7 Å². The van der Waals surface area contributed by atoms with Gasteiger partial charge in [-0.1, -0.05) is 23.7 Å². The highest BCUT2D eigenvalue weighted by Gasteiger charge is 2.08. The topological polar surface area (TPSA) is 49.3 Å². The zero-order chi connectivity index (χ0) is 13.8. The van der Waals surface area contributed by atoms with Crippen LogP contribution < -0.4 is 5.32 Å². The monoisotopic (exact) mass is 295 g/mol. The molecule has 1 aromatic carbocycles. The predicted molar refractivity (Wildman–Crippen MR) is 78.0 cm³/mol. The fourth-order valence-corrected chi connectivity index (χ4v) is 2.64. The first-order valence-electron chi connectivity index (χ1n) is 5.86. The lowest BCUT2D eigenvalue weighted by molar-refractivity contribution is 0.0697. The molecule has 1 atom stereocenters. The van der Waals surface area contributed by atoms with E-state index in [1.807, 2.05) is 24.3 Å². The normalized spacial score (nSPS) is 12.3. The van der Waals surface area contributed by atoms with Crippen LogP contribution in [0.4, 0.5) is 0 Å². The average molecular weight is 296 g/mol. The maximum Gasteiger partial charge on any atom is 0.336 e. The summed E-state index contributed by atoms with van der Waals surface area (Å²) in [6, 6.07) is 9.58. The molecule has 0 bridgehead atoms. The predicted octanol–water partition coefficient (Wildman–Crippen LogP) is 3.95. The molecule has 5 heteroatoms. The Morgan fingerprint density at radius 1 is 1.42 bits per heavy atom. The average Bonchev–Trinajstić information content (AvgIpc) is 2.86. The molecule has 2 N–H and O–H groups in total. The van der Waals surface area contributed by atoms with Crippen LogP contribution in [0.25, 0.3) is 0 Å². The maximum absolute atomic E-state index is 10.8. The number of halogens is 1. The lowest BCUT2D eigenvalue weighted by Gasteiger charge is -2.13. The number of carbonyl (C=O) groups is 1. The maximum atomic E-state index is 10.8. The standard InChI is InChI=1S/C14H14ClNO2S/c1-9(10-2-4-12(15)5-3-10)16-7-13-6-11(8-19-13)14(17)18/h2-6,8-9,16H,7H2,1H3,(H,17,18). The SMILES string of the molecule is CC(NCc1cc(C(=O)O)cs1)c1ccc(Cl)cc1. The summed E-state index contributed by atoms with van der Waals surface area (Å²) in [6.07, 6.45) is 0. The van der Waals surface area contributed by atoms with Crippen molar-refractivity contribution in [3.63, 3.8) is 0 Å². The molecule has 0 saturated heterocycles. The number of aromatic carboxylic acids is 1. The zero-order valence-corrected chi connectivity index (χ0v) is 12.0. The summed E-state index contributed by atoms with van der Waals surface area (Å²) < 4.78 is 0. The molecule has 0 spiro atoms. The fraction of sp³-hybridized carbons (Fsp3) is 0.214. The number of thiophene rings is 1. The van der Waals surface area contributed by atoms with Crippen LogP contribution in [0.5, 0.6) is 0 Å². The van der Waals surface area contributed by atoms with E-state index in [1.54, 1.807) is 11.4 Å². The van der Waals surface area contributed by atoms with Crippen molar-refractivity contribution in [3.8, 4) is 0 Å². The Morgan fingerprint density at radius 3 is 2.68 bits per heavy atom. The van der Waals surface area contributed by atoms with Crippen molar-refractivity contribution < 1.29 is 9.90 Å². The molecule has 0 saturated carbocycles. The first kappa shape index (κ1) is 14.1. The van der Waals surface area contributed by atoms with Gasteiger partial charge in [-0.2, -0.15) is 0 Å². The van der Waals surface area contributed by atoms with Gasteiger partial charge in [-0.25, -0.2) is 4.79 Å². The van der Waals surface area contributed by atoms with Crippen LogP contribution in [0.15, 0.2) is 35.7 Å². The molecule has 0 aliphatic rings. The van der Waals surface area contributed by atoms with E-state index in [0.29, 0.717) is 12.1 Å². The van der Waals surface area contributed by atoms with Gasteiger partial charge in [0.15, 0.2) is 0 Å². The van der Waals surface area contributed by atoms with Crippen molar-refractivity contribution >= 4 is 28.9 Å². The summed E-state index contributed by atoms with van der Waals surface area (Å²) in [5.41, 5.74) is 1.50. The number of rotatable bonds is 5. The molecule has 1 heterocycles. The molecule has 0 aliphatic heterocycles. The first-order valence-corrected chi connectivity index (χ1v) is 7.11. The minimum absolute atomic E-state index is 0.188. The quantitative estimate of drug-likeness (QED) is 0.878. The Morgan fingerprint density at radius 2 is 2.11 bits per heavy atom. The number of nitrogens with one attached hydrogen (secondary N) is 1. The molecule has 2 aromatic rings. The third kappa shape index (κ3) is 3.80. The Labute approximate surface area is 120 Å². The van der Waals surface area contributed by atoms with Gasteiger partial charge in [0.05, 0.1) is 5.56 Å². The second kappa shape index (κ2) is 6.19. The van der Waals surface area contributed by atoms with Crippen molar-refractivity contribution in [1.82, 2.24) is 5.32 Å². The molecule has 0 aliphatic carbocycles. The Hall–Kier alpha value is -1.36. The minimum atomic E-state index is -0.881. The van der Waals surface area contributed by atoms with E-state index < -0.39 is 5.97 Å². The van der Waals surface area contributed by atoms with Gasteiger partial charge in [0, 0.05) is 27.9 Å². The van der Waals surface area contributed by atoms with Crippen LogP contribution in [0, 0.1) is 0 Å². The van der Waals surface area contributed by atoms with Gasteiger partial charge in [0.1, 0.15) is 0 Å². The van der Waals surface area contributed by atoms with Crippen molar-refractivity contribution in [2.24, 2.45) is 0 Å². The summed E-state index contributed by atoms with van der Waals surface area (Å²) in [4.78, 5) is 11.8. The van der Waals surface area contributed by atoms with Gasteiger partial charge >= 0.3 is 5.97 Å². The summed E-state index contributed by atoms with van der Waals surface area (Å²) in [6.45, 7) is 2.72. The molecule has 0 fully saturated rings. The van der Waals surface area contributed by atoms with Crippen LogP contribution >= 0.6 is 22.9 Å². The molecule has 2 rings (SSSR count). The van der Waals surface area contributed by atoms with Gasteiger partial charge in [-0.3, -0.25) is 0 Å². The van der Waals surface area contributed by atoms with E-state index in [2.05, 4.69) is 12.2 Å². The van der Waals surface area contributed by atoms with Gasteiger partial charge in [0.25, 0.3) is 0 Å². The molecular weight excluding hydrogens is 282 g/mol. The molecule has 1 unspecified atom stereocenters. The molecule has 19 heavy (non-hydrogen) atoms. The van der Waals surface area contributed by atoms with E-state index in [-0.39, 0.29) is 6.04 Å². The van der Waals surface area contributed by atoms with E-state index in [9.17, 15) is 4.79 Å². The highest BCUT2D eigenvalue weighted by atomic mass is 35.5. The number of hydrogen-bond acceptors (Lipinski definition) is 3. The van der Waals surface area contributed by atoms with E-state index in [1.165, 1.54) is 11.3 Å².